The zero-order chi connectivity index (χ0) is 21.8. The van der Waals surface area contributed by atoms with Crippen molar-refractivity contribution in [1.82, 2.24) is 9.55 Å². The highest BCUT2D eigenvalue weighted by Crippen LogP contribution is 2.49. The molecule has 8 nitrogen and oxygen atoms in total. The number of ether oxygens (including phenoxy) is 1. The van der Waals surface area contributed by atoms with E-state index in [4.69, 9.17) is 16.3 Å². The van der Waals surface area contributed by atoms with Gasteiger partial charge in [0.1, 0.15) is 5.83 Å². The number of anilines is 2. The van der Waals surface area contributed by atoms with Crippen LogP contribution in [0.3, 0.4) is 0 Å². The lowest BCUT2D eigenvalue weighted by molar-refractivity contribution is -0.386. The highest BCUT2D eigenvalue weighted by Gasteiger charge is 2.33. The van der Waals surface area contributed by atoms with Crippen LogP contribution < -0.4 is 9.64 Å². The number of nitrogens with zero attached hydrogens (tertiary/aromatic N) is 4. The number of halogens is 2. The molecule has 0 atom stereocenters. The molecule has 0 fully saturated rings. The number of nitro groups is 1. The van der Waals surface area contributed by atoms with Crippen LogP contribution in [0.2, 0.25) is 5.02 Å². The van der Waals surface area contributed by atoms with E-state index in [-0.39, 0.29) is 10.9 Å². The fourth-order valence-corrected chi connectivity index (χ4v) is 2.82. The quantitative estimate of drug-likeness (QED) is 0.246. The number of pyridine rings is 1. The summed E-state index contributed by atoms with van der Waals surface area (Å²) in [5.74, 6) is -1.27. The molecule has 0 aliphatic carbocycles. The van der Waals surface area contributed by atoms with Crippen LogP contribution in [0.1, 0.15) is 4.79 Å². The van der Waals surface area contributed by atoms with Gasteiger partial charge in [-0.3, -0.25) is 19.5 Å². The molecule has 0 saturated heterocycles. The van der Waals surface area contributed by atoms with E-state index < -0.39 is 29.0 Å². The Hall–Kier alpha value is -3.72. The third kappa shape index (κ3) is 4.81. The summed E-state index contributed by atoms with van der Waals surface area (Å²) in [7, 11) is 0. The maximum absolute atomic E-state index is 12.8. The number of carbonyl (C=O) groups excluding carboxylic acids is 1. The lowest BCUT2D eigenvalue weighted by Gasteiger charge is -2.09. The Kier molecular flexibility index (Phi) is 6.12. The van der Waals surface area contributed by atoms with Crippen molar-refractivity contribution in [1.29, 1.82) is 0 Å². The van der Waals surface area contributed by atoms with Gasteiger partial charge in [-0.05, 0) is 11.6 Å². The van der Waals surface area contributed by atoms with E-state index in [0.29, 0.717) is 6.54 Å². The second-order valence-electron chi connectivity index (χ2n) is 6.20. The molecule has 0 amide bonds. The van der Waals surface area contributed by atoms with Crippen LogP contribution in [0.15, 0.2) is 73.5 Å². The first-order valence-corrected chi connectivity index (χ1v) is 8.97. The van der Waals surface area contributed by atoms with Crippen LogP contribution in [0, 0.1) is 10.1 Å². The summed E-state index contributed by atoms with van der Waals surface area (Å²) < 4.78 is 19.4. The van der Waals surface area contributed by atoms with Crippen molar-refractivity contribution in [2.24, 2.45) is 0 Å². The Balaban J connectivity index is 1.60. The summed E-state index contributed by atoms with van der Waals surface area (Å²) in [6.07, 6.45) is 10.6. The van der Waals surface area contributed by atoms with Gasteiger partial charge in [-0.25, -0.2) is 9.37 Å². The minimum Gasteiger partial charge on any atom is -0.463 e. The van der Waals surface area contributed by atoms with Crippen LogP contribution in [0.5, 0.6) is 5.88 Å². The molecule has 0 radical (unpaired) electrons. The number of aromatic nitrogens is 2. The summed E-state index contributed by atoms with van der Waals surface area (Å²) in [5, 5.41) is 11.1. The molecule has 10 heteroatoms. The average molecular weight is 431 g/mol. The largest absolute Gasteiger partial charge is 0.463 e. The first kappa shape index (κ1) is 21.0. The molecule has 2 aromatic heterocycles. The Bertz CT molecular complexity index is 1080. The number of fused-ring (bicyclic) bond motifs is 1. The predicted molar refractivity (Wildman–Crippen MR) is 111 cm³/mol. The third-order valence-corrected chi connectivity index (χ3v) is 4.29. The van der Waals surface area contributed by atoms with Gasteiger partial charge in [-0.2, -0.15) is 0 Å². The molecule has 30 heavy (non-hydrogen) atoms. The smallest absolute Gasteiger partial charge is 0.332 e. The van der Waals surface area contributed by atoms with Crippen molar-refractivity contribution in [3.05, 3.63) is 88.7 Å². The molecule has 0 N–H and O–H groups in total. The Morgan fingerprint density at radius 1 is 1.37 bits per heavy atom. The lowest BCUT2D eigenvalue weighted by Crippen LogP contribution is -2.19. The fourth-order valence-electron chi connectivity index (χ4n) is 2.67. The molecule has 0 saturated carbocycles. The minimum absolute atomic E-state index is 0.0881. The van der Waals surface area contributed by atoms with Gasteiger partial charge in [0.05, 0.1) is 27.5 Å². The predicted octanol–water partition coefficient (Wildman–Crippen LogP) is 4.77. The van der Waals surface area contributed by atoms with E-state index in [2.05, 4.69) is 18.1 Å². The molecule has 3 heterocycles. The first-order valence-electron chi connectivity index (χ1n) is 8.59. The SMILES string of the molecule is C=C/C=C(\C=C/C(=C)F)CN1c2cn(C(=O)COc3ncc(Cl)cc3[N+](=O)[O-])cc21. The summed E-state index contributed by atoms with van der Waals surface area (Å²) in [6, 6.07) is 1.10. The third-order valence-electron chi connectivity index (χ3n) is 4.08. The fraction of sp³-hybridized carbons (Fsp3) is 0.100. The summed E-state index contributed by atoms with van der Waals surface area (Å²) in [5.41, 5.74) is 2.05. The zero-order valence-electron chi connectivity index (χ0n) is 15.6. The normalized spacial score (nSPS) is 12.6. The molecule has 154 valence electrons. The van der Waals surface area contributed by atoms with Crippen molar-refractivity contribution in [2.75, 3.05) is 18.1 Å². The van der Waals surface area contributed by atoms with Crippen LogP contribution >= 0.6 is 11.6 Å². The van der Waals surface area contributed by atoms with Crippen LogP contribution in [-0.4, -0.2) is 33.5 Å². The molecule has 1 aliphatic heterocycles. The standard InChI is InChI=1S/C20H16ClFN4O4/c1-3-4-14(6-5-13(2)22)9-25-17-10-24(11-18(17)25)19(27)12-30-20-16(26(28)29)7-15(21)8-23-20/h3-8,10-11H,1-2,9,12H2/b6-5-,14-4+. The first-order chi connectivity index (χ1) is 14.3. The lowest BCUT2D eigenvalue weighted by atomic mass is 10.2. The average Bonchev–Trinajstić information content (AvgIpc) is 3.12. The topological polar surface area (TPSA) is 90.3 Å². The number of hydrogen-bond donors (Lipinski definition) is 0. The Morgan fingerprint density at radius 3 is 2.67 bits per heavy atom. The highest BCUT2D eigenvalue weighted by atomic mass is 35.5. The van der Waals surface area contributed by atoms with Gasteiger partial charge in [0.25, 0.3) is 11.8 Å². The summed E-state index contributed by atoms with van der Waals surface area (Å²) >= 11 is 5.70. The van der Waals surface area contributed by atoms with Gasteiger partial charge in [0, 0.05) is 25.0 Å². The van der Waals surface area contributed by atoms with E-state index in [1.807, 2.05) is 4.90 Å². The minimum atomic E-state index is -0.688. The van der Waals surface area contributed by atoms with Crippen molar-refractivity contribution in [2.45, 2.75) is 0 Å². The van der Waals surface area contributed by atoms with Gasteiger partial charge in [0.2, 0.25) is 0 Å². The van der Waals surface area contributed by atoms with Gasteiger partial charge in [0.15, 0.2) is 6.61 Å². The van der Waals surface area contributed by atoms with E-state index in [0.717, 1.165) is 23.0 Å². The number of carbonyl (C=O) groups is 1. The Morgan fingerprint density at radius 2 is 2.07 bits per heavy atom. The molecule has 0 spiro atoms. The highest BCUT2D eigenvalue weighted by molar-refractivity contribution is 6.30. The van der Waals surface area contributed by atoms with Crippen LogP contribution in [0.4, 0.5) is 21.5 Å². The molecule has 1 aliphatic rings. The van der Waals surface area contributed by atoms with E-state index in [1.54, 1.807) is 30.6 Å². The van der Waals surface area contributed by atoms with Crippen molar-refractivity contribution in [3.63, 3.8) is 0 Å². The van der Waals surface area contributed by atoms with E-state index in [1.165, 1.54) is 16.8 Å². The van der Waals surface area contributed by atoms with Crippen molar-refractivity contribution < 1.29 is 18.8 Å². The molecular formula is C20H16ClFN4O4. The Labute approximate surface area is 176 Å². The van der Waals surface area contributed by atoms with Gasteiger partial charge < -0.3 is 9.64 Å². The molecule has 0 bridgehead atoms. The number of allylic oxidation sites excluding steroid dienone is 4. The second-order valence-corrected chi connectivity index (χ2v) is 6.63. The second kappa shape index (κ2) is 8.75. The van der Waals surface area contributed by atoms with Crippen LogP contribution in [-0.2, 0) is 0 Å². The molecule has 0 unspecified atom stereocenters. The van der Waals surface area contributed by atoms with Gasteiger partial charge in [-0.15, -0.1) is 0 Å². The maximum Gasteiger partial charge on any atom is 0.332 e. The van der Waals surface area contributed by atoms with Crippen molar-refractivity contribution in [3.8, 4) is 5.88 Å². The molecule has 2 aromatic rings. The molecular weight excluding hydrogens is 415 g/mol. The van der Waals surface area contributed by atoms with Gasteiger partial charge >= 0.3 is 5.69 Å². The monoisotopic (exact) mass is 430 g/mol. The number of hydrogen-bond acceptors (Lipinski definition) is 6. The number of rotatable bonds is 9. The van der Waals surface area contributed by atoms with Crippen molar-refractivity contribution >= 4 is 34.6 Å². The summed E-state index contributed by atoms with van der Waals surface area (Å²) in [4.78, 5) is 28.4. The van der Waals surface area contributed by atoms with Crippen LogP contribution in [0.25, 0.3) is 0 Å². The van der Waals surface area contributed by atoms with E-state index in [9.17, 15) is 19.3 Å². The summed E-state index contributed by atoms with van der Waals surface area (Å²) in [6.45, 7) is 6.85. The van der Waals surface area contributed by atoms with E-state index >= 15 is 0 Å². The zero-order valence-corrected chi connectivity index (χ0v) is 16.4. The molecule has 3 rings (SSSR count). The molecule has 0 aromatic carbocycles. The van der Waals surface area contributed by atoms with Gasteiger partial charge in [-0.1, -0.05) is 43.0 Å². The maximum atomic E-state index is 12.8.